The van der Waals surface area contributed by atoms with Crippen LogP contribution in [0.15, 0.2) is 91.1 Å². The predicted octanol–water partition coefficient (Wildman–Crippen LogP) is 3.58. The molecule has 0 spiro atoms. The fourth-order valence-electron chi connectivity index (χ4n) is 4.94. The number of fused-ring (bicyclic) bond motifs is 10. The first-order chi connectivity index (χ1) is 20.2. The molecule has 0 aromatic heterocycles. The number of carbonyl (C=O) groups excluding carboxylic acids is 3. The summed E-state index contributed by atoms with van der Waals surface area (Å²) < 4.78 is 6.38. The van der Waals surface area contributed by atoms with Gasteiger partial charge in [-0.3, -0.25) is 19.3 Å². The fourth-order valence-corrected chi connectivity index (χ4v) is 4.94. The monoisotopic (exact) mass is 568 g/mol. The average Bonchev–Trinajstić information content (AvgIpc) is 2.98. The van der Waals surface area contributed by atoms with Crippen molar-refractivity contribution in [1.29, 1.82) is 0 Å². The Bertz CT molecular complexity index is 1360. The Kier molecular flexibility index (Phi) is 10.5. The molecule has 2 aliphatic rings. The lowest BCUT2D eigenvalue weighted by Crippen LogP contribution is -2.62. The summed E-state index contributed by atoms with van der Waals surface area (Å²) in [7, 11) is 3.68. The van der Waals surface area contributed by atoms with Crippen LogP contribution in [0.5, 0.6) is 5.75 Å². The second-order valence-electron chi connectivity index (χ2n) is 11.1. The molecule has 3 aromatic carbocycles. The van der Waals surface area contributed by atoms with E-state index in [1.807, 2.05) is 118 Å². The number of amides is 3. The van der Waals surface area contributed by atoms with E-state index in [2.05, 4.69) is 16.0 Å². The molecular weight excluding hydrogens is 528 g/mol. The summed E-state index contributed by atoms with van der Waals surface area (Å²) in [6, 6.07) is 24.1. The van der Waals surface area contributed by atoms with Crippen LogP contribution in [-0.2, 0) is 27.2 Å². The van der Waals surface area contributed by atoms with Gasteiger partial charge in [-0.2, -0.15) is 0 Å². The molecule has 8 heteroatoms. The van der Waals surface area contributed by atoms with Gasteiger partial charge in [-0.05, 0) is 61.3 Å². The summed E-state index contributed by atoms with van der Waals surface area (Å²) in [6.07, 6.45) is 3.39. The molecule has 3 amide bonds. The van der Waals surface area contributed by atoms with E-state index in [4.69, 9.17) is 4.74 Å². The van der Waals surface area contributed by atoms with Crippen LogP contribution in [0.4, 0.5) is 0 Å². The molecule has 0 unspecified atom stereocenters. The van der Waals surface area contributed by atoms with Crippen molar-refractivity contribution >= 4 is 23.8 Å². The van der Waals surface area contributed by atoms with Gasteiger partial charge in [0.15, 0.2) is 0 Å². The highest BCUT2D eigenvalue weighted by Gasteiger charge is 2.37. The van der Waals surface area contributed by atoms with Gasteiger partial charge in [0.25, 0.3) is 0 Å². The Morgan fingerprint density at radius 2 is 1.50 bits per heavy atom. The van der Waals surface area contributed by atoms with E-state index < -0.39 is 30.1 Å². The van der Waals surface area contributed by atoms with Gasteiger partial charge in [0, 0.05) is 12.6 Å². The number of hydrogen-bond acceptors (Lipinski definition) is 5. The molecule has 5 rings (SSSR count). The maximum absolute atomic E-state index is 14.1. The number of benzene rings is 3. The van der Waals surface area contributed by atoms with Crippen molar-refractivity contribution in [2.45, 2.75) is 50.9 Å². The highest BCUT2D eigenvalue weighted by Crippen LogP contribution is 2.21. The largest absolute Gasteiger partial charge is 0.487 e. The topological polar surface area (TPSA) is 99.8 Å². The van der Waals surface area contributed by atoms with E-state index in [0.717, 1.165) is 16.7 Å². The van der Waals surface area contributed by atoms with E-state index in [1.54, 1.807) is 12.3 Å². The Morgan fingerprint density at radius 1 is 0.881 bits per heavy atom. The Morgan fingerprint density at radius 3 is 2.10 bits per heavy atom. The van der Waals surface area contributed by atoms with Crippen LogP contribution in [0.1, 0.15) is 30.5 Å². The number of nitrogens with one attached hydrogen (secondary N) is 3. The molecule has 3 aromatic rings. The second kappa shape index (κ2) is 14.5. The minimum absolute atomic E-state index is 0.151. The predicted molar refractivity (Wildman–Crippen MR) is 165 cm³/mol. The van der Waals surface area contributed by atoms with Crippen molar-refractivity contribution < 1.29 is 19.1 Å². The Labute approximate surface area is 248 Å². The zero-order chi connectivity index (χ0) is 30.1. The first-order valence-corrected chi connectivity index (χ1v) is 14.3. The molecule has 0 fully saturated rings. The molecule has 4 atom stereocenters. The van der Waals surface area contributed by atoms with Crippen LogP contribution in [0.25, 0.3) is 6.08 Å². The van der Waals surface area contributed by atoms with Crippen molar-refractivity contribution in [3.63, 3.8) is 0 Å². The van der Waals surface area contributed by atoms with Gasteiger partial charge in [0.05, 0.1) is 6.04 Å². The summed E-state index contributed by atoms with van der Waals surface area (Å²) in [6.45, 7) is 3.89. The minimum Gasteiger partial charge on any atom is -0.487 e. The van der Waals surface area contributed by atoms with Crippen molar-refractivity contribution in [3.8, 4) is 5.75 Å². The third-order valence-electron chi connectivity index (χ3n) is 7.33. The normalized spacial score (nSPS) is 20.7. The SMILES string of the molecule is CC(C)[C@H]1Oc2ccc(cc2)/C=C\NC(=O)[C@H](Cc2ccccc2)NC(=O)[C@@H]1NC(=O)[C@@H](Cc1ccccc1)N(C)C. The average molecular weight is 569 g/mol. The third-order valence-corrected chi connectivity index (χ3v) is 7.33. The van der Waals surface area contributed by atoms with Crippen LogP contribution in [0.2, 0.25) is 0 Å². The summed E-state index contributed by atoms with van der Waals surface area (Å²) in [5, 5.41) is 8.74. The van der Waals surface area contributed by atoms with Gasteiger partial charge in [-0.15, -0.1) is 0 Å². The molecule has 0 saturated heterocycles. The molecule has 0 radical (unpaired) electrons. The van der Waals surface area contributed by atoms with Crippen LogP contribution >= 0.6 is 0 Å². The molecule has 2 heterocycles. The van der Waals surface area contributed by atoms with Crippen LogP contribution in [-0.4, -0.2) is 60.9 Å². The van der Waals surface area contributed by atoms with Crippen molar-refractivity contribution in [3.05, 3.63) is 108 Å². The smallest absolute Gasteiger partial charge is 0.247 e. The molecule has 0 aliphatic carbocycles. The number of likely N-dealkylation sites (N-methyl/N-ethyl adjacent to an activating group) is 1. The van der Waals surface area contributed by atoms with Gasteiger partial charge in [0.2, 0.25) is 17.7 Å². The molecular formula is C34H40N4O4. The number of nitrogens with zero attached hydrogens (tertiary/aromatic N) is 1. The molecule has 3 N–H and O–H groups in total. The third kappa shape index (κ3) is 8.30. The zero-order valence-electron chi connectivity index (χ0n) is 24.6. The highest BCUT2D eigenvalue weighted by molar-refractivity contribution is 5.94. The van der Waals surface area contributed by atoms with Gasteiger partial charge < -0.3 is 20.7 Å². The minimum atomic E-state index is -1.07. The lowest BCUT2D eigenvalue weighted by atomic mass is 9.96. The van der Waals surface area contributed by atoms with Crippen molar-refractivity contribution in [2.24, 2.45) is 5.92 Å². The van der Waals surface area contributed by atoms with Gasteiger partial charge in [0.1, 0.15) is 23.9 Å². The van der Waals surface area contributed by atoms with Gasteiger partial charge in [-0.25, -0.2) is 0 Å². The lowest BCUT2D eigenvalue weighted by Gasteiger charge is -2.33. The summed E-state index contributed by atoms with van der Waals surface area (Å²) in [4.78, 5) is 43.1. The lowest BCUT2D eigenvalue weighted by molar-refractivity contribution is -0.136. The molecule has 8 nitrogen and oxygen atoms in total. The van der Waals surface area contributed by atoms with Crippen LogP contribution < -0.4 is 20.7 Å². The van der Waals surface area contributed by atoms with E-state index in [9.17, 15) is 14.4 Å². The fraction of sp³-hybridized carbons (Fsp3) is 0.324. The van der Waals surface area contributed by atoms with E-state index in [-0.39, 0.29) is 24.2 Å². The highest BCUT2D eigenvalue weighted by atomic mass is 16.5. The first kappa shape index (κ1) is 30.5. The maximum Gasteiger partial charge on any atom is 0.247 e. The number of ether oxygens (including phenoxy) is 1. The standard InChI is InChI=1S/C34H40N4O4/c1-23(2)31-30(37-33(40)29(38(3)4)22-26-13-9-6-10-14-26)34(41)36-28(21-25-11-7-5-8-12-25)32(39)35-20-19-24-15-17-27(42-31)18-16-24/h5-20,23,28-31H,21-22H2,1-4H3,(H,35,39)(H,36,41)(H,37,40)/b20-19-/t28-,29+,30+,31+/m0/s1. The molecule has 2 bridgehead atoms. The van der Waals surface area contributed by atoms with Crippen molar-refractivity contribution in [2.75, 3.05) is 14.1 Å². The van der Waals surface area contributed by atoms with Crippen LogP contribution in [0.3, 0.4) is 0 Å². The molecule has 2 aliphatic heterocycles. The molecule has 0 saturated carbocycles. The van der Waals surface area contributed by atoms with Gasteiger partial charge >= 0.3 is 0 Å². The second-order valence-corrected chi connectivity index (χ2v) is 11.1. The number of carbonyl (C=O) groups is 3. The maximum atomic E-state index is 14.1. The first-order valence-electron chi connectivity index (χ1n) is 14.3. The molecule has 42 heavy (non-hydrogen) atoms. The number of rotatable bonds is 8. The zero-order valence-corrected chi connectivity index (χ0v) is 24.6. The van der Waals surface area contributed by atoms with Gasteiger partial charge in [-0.1, -0.05) is 86.6 Å². The quantitative estimate of drug-likeness (QED) is 0.386. The van der Waals surface area contributed by atoms with Crippen LogP contribution in [0, 0.1) is 5.92 Å². The van der Waals surface area contributed by atoms with E-state index in [0.29, 0.717) is 12.2 Å². The summed E-state index contributed by atoms with van der Waals surface area (Å²) in [5.74, 6) is -0.732. The Hall–Kier alpha value is -4.43. The van der Waals surface area contributed by atoms with E-state index in [1.165, 1.54) is 0 Å². The Balaban J connectivity index is 1.69. The van der Waals surface area contributed by atoms with E-state index >= 15 is 0 Å². The van der Waals surface area contributed by atoms with Crippen molar-refractivity contribution in [1.82, 2.24) is 20.9 Å². The molecule has 220 valence electrons. The summed E-state index contributed by atoms with van der Waals surface area (Å²) >= 11 is 0. The number of hydrogen-bond donors (Lipinski definition) is 3. The summed E-state index contributed by atoms with van der Waals surface area (Å²) in [5.41, 5.74) is 2.78.